The molecule has 0 fully saturated rings. The fourth-order valence-electron chi connectivity index (χ4n) is 0.694. The lowest BCUT2D eigenvalue weighted by atomic mass is 10.1. The van der Waals surface area contributed by atoms with Gasteiger partial charge in [-0.1, -0.05) is 6.08 Å². The van der Waals surface area contributed by atoms with E-state index in [9.17, 15) is 0 Å². The Labute approximate surface area is 47.9 Å². The molecule has 1 unspecified atom stereocenters. The van der Waals surface area contributed by atoms with Crippen LogP contribution in [0.25, 0.3) is 0 Å². The molecule has 0 radical (unpaired) electrons. The maximum Gasteiger partial charge on any atom is 0.0702 e. The Kier molecular flexibility index (Phi) is 1.13. The summed E-state index contributed by atoms with van der Waals surface area (Å²) in [5.41, 5.74) is 0.566. The number of allylic oxidation sites excluding steroid dienone is 2. The molecule has 1 aliphatic carbocycles. The SMILES string of the molecule is N#CC1C=CC(=N)C1. The molecular weight excluding hydrogens is 100 g/mol. The van der Waals surface area contributed by atoms with E-state index >= 15 is 0 Å². The molecule has 1 rings (SSSR count). The number of nitriles is 1. The van der Waals surface area contributed by atoms with Crippen molar-refractivity contribution in [3.05, 3.63) is 12.2 Å². The van der Waals surface area contributed by atoms with Gasteiger partial charge in [-0.2, -0.15) is 5.26 Å². The highest BCUT2D eigenvalue weighted by Gasteiger charge is 2.10. The van der Waals surface area contributed by atoms with Crippen LogP contribution in [0.2, 0.25) is 0 Å². The van der Waals surface area contributed by atoms with Crippen LogP contribution in [0.3, 0.4) is 0 Å². The van der Waals surface area contributed by atoms with Crippen LogP contribution in [0.1, 0.15) is 6.42 Å². The van der Waals surface area contributed by atoms with Gasteiger partial charge in [-0.05, 0) is 6.08 Å². The lowest BCUT2D eigenvalue weighted by molar-refractivity contribution is 0.903. The van der Waals surface area contributed by atoms with Crippen LogP contribution in [-0.4, -0.2) is 5.71 Å². The van der Waals surface area contributed by atoms with Crippen molar-refractivity contribution in [3.8, 4) is 6.07 Å². The predicted molar refractivity (Wildman–Crippen MR) is 30.6 cm³/mol. The molecule has 0 bridgehead atoms. The fraction of sp³-hybridized carbons (Fsp3) is 0.333. The Morgan fingerprint density at radius 2 is 2.62 bits per heavy atom. The highest BCUT2D eigenvalue weighted by Crippen LogP contribution is 2.11. The van der Waals surface area contributed by atoms with Gasteiger partial charge in [-0.15, -0.1) is 0 Å². The molecule has 1 N–H and O–H groups in total. The molecule has 0 saturated carbocycles. The molecular formula is C6H6N2. The third-order valence-corrected chi connectivity index (χ3v) is 1.14. The van der Waals surface area contributed by atoms with Gasteiger partial charge in [0.05, 0.1) is 12.0 Å². The van der Waals surface area contributed by atoms with E-state index in [1.807, 2.05) is 0 Å². The van der Waals surface area contributed by atoms with Crippen LogP contribution >= 0.6 is 0 Å². The fourth-order valence-corrected chi connectivity index (χ4v) is 0.694. The molecule has 0 aromatic heterocycles. The molecule has 0 spiro atoms. The molecule has 8 heavy (non-hydrogen) atoms. The first-order valence-electron chi connectivity index (χ1n) is 2.48. The van der Waals surface area contributed by atoms with Crippen molar-refractivity contribution in [1.82, 2.24) is 0 Å². The van der Waals surface area contributed by atoms with E-state index < -0.39 is 0 Å². The Morgan fingerprint density at radius 1 is 1.88 bits per heavy atom. The van der Waals surface area contributed by atoms with Crippen molar-refractivity contribution in [2.75, 3.05) is 0 Å². The van der Waals surface area contributed by atoms with Gasteiger partial charge in [0.1, 0.15) is 0 Å². The summed E-state index contributed by atoms with van der Waals surface area (Å²) in [5, 5.41) is 15.3. The van der Waals surface area contributed by atoms with Crippen LogP contribution < -0.4 is 0 Å². The summed E-state index contributed by atoms with van der Waals surface area (Å²) in [6.45, 7) is 0. The van der Waals surface area contributed by atoms with Crippen molar-refractivity contribution in [1.29, 1.82) is 10.7 Å². The summed E-state index contributed by atoms with van der Waals surface area (Å²) in [4.78, 5) is 0. The van der Waals surface area contributed by atoms with E-state index in [0.29, 0.717) is 12.1 Å². The van der Waals surface area contributed by atoms with Crippen molar-refractivity contribution in [2.45, 2.75) is 6.42 Å². The van der Waals surface area contributed by atoms with Crippen molar-refractivity contribution in [3.63, 3.8) is 0 Å². The number of hydrogen-bond acceptors (Lipinski definition) is 2. The van der Waals surface area contributed by atoms with Crippen LogP contribution in [0.15, 0.2) is 12.2 Å². The summed E-state index contributed by atoms with van der Waals surface area (Å²) in [6, 6.07) is 2.07. The molecule has 0 aromatic carbocycles. The number of nitrogens with zero attached hydrogens (tertiary/aromatic N) is 1. The zero-order valence-corrected chi connectivity index (χ0v) is 4.39. The molecule has 1 atom stereocenters. The minimum atomic E-state index is -0.0255. The highest BCUT2D eigenvalue weighted by molar-refractivity contribution is 5.95. The van der Waals surface area contributed by atoms with Crippen molar-refractivity contribution >= 4 is 5.71 Å². The molecule has 2 nitrogen and oxygen atoms in total. The normalized spacial score (nSPS) is 25.9. The van der Waals surface area contributed by atoms with Gasteiger partial charge in [0.25, 0.3) is 0 Å². The minimum Gasteiger partial charge on any atom is -0.305 e. The summed E-state index contributed by atoms with van der Waals surface area (Å²) in [7, 11) is 0. The molecule has 0 amide bonds. The smallest absolute Gasteiger partial charge is 0.0702 e. The first-order chi connectivity index (χ1) is 3.83. The Bertz CT molecular complexity index is 173. The molecule has 0 aromatic rings. The standard InChI is InChI=1S/C6H6N2/c7-4-5-1-2-6(8)3-5/h1-2,5,8H,3H2. The van der Waals surface area contributed by atoms with Gasteiger partial charge in [-0.25, -0.2) is 0 Å². The average Bonchev–Trinajstić information content (AvgIpc) is 2.14. The third-order valence-electron chi connectivity index (χ3n) is 1.14. The third kappa shape index (κ3) is 0.760. The van der Waals surface area contributed by atoms with Gasteiger partial charge in [0, 0.05) is 12.1 Å². The monoisotopic (exact) mass is 106 g/mol. The van der Waals surface area contributed by atoms with Gasteiger partial charge < -0.3 is 5.41 Å². The molecule has 1 aliphatic rings. The lowest BCUT2D eigenvalue weighted by Crippen LogP contribution is -1.90. The number of nitrogens with one attached hydrogen (secondary N) is 1. The van der Waals surface area contributed by atoms with E-state index in [1.54, 1.807) is 12.2 Å². The Hall–Kier alpha value is -1.10. The second kappa shape index (κ2) is 1.79. The summed E-state index contributed by atoms with van der Waals surface area (Å²) < 4.78 is 0. The van der Waals surface area contributed by atoms with Gasteiger partial charge >= 0.3 is 0 Å². The van der Waals surface area contributed by atoms with E-state index in [1.165, 1.54) is 0 Å². The second-order valence-electron chi connectivity index (χ2n) is 1.82. The maximum absolute atomic E-state index is 8.29. The first kappa shape index (κ1) is 5.04. The predicted octanol–water partition coefficient (Wildman–Crippen LogP) is 1.11. The van der Waals surface area contributed by atoms with E-state index in [4.69, 9.17) is 10.7 Å². The summed E-state index contributed by atoms with van der Waals surface area (Å²) in [6.07, 6.45) is 4.06. The van der Waals surface area contributed by atoms with E-state index in [-0.39, 0.29) is 5.92 Å². The van der Waals surface area contributed by atoms with Crippen molar-refractivity contribution < 1.29 is 0 Å². The van der Waals surface area contributed by atoms with E-state index in [0.717, 1.165) is 0 Å². The van der Waals surface area contributed by atoms with Crippen LogP contribution in [0.4, 0.5) is 0 Å². The molecule has 0 aliphatic heterocycles. The van der Waals surface area contributed by atoms with Crippen LogP contribution in [0.5, 0.6) is 0 Å². The van der Waals surface area contributed by atoms with Crippen molar-refractivity contribution in [2.24, 2.45) is 5.92 Å². The summed E-state index contributed by atoms with van der Waals surface area (Å²) >= 11 is 0. The lowest BCUT2D eigenvalue weighted by Gasteiger charge is -1.87. The van der Waals surface area contributed by atoms with Gasteiger partial charge in [-0.3, -0.25) is 0 Å². The largest absolute Gasteiger partial charge is 0.305 e. The average molecular weight is 106 g/mol. The first-order valence-corrected chi connectivity index (χ1v) is 2.48. The topological polar surface area (TPSA) is 47.6 Å². The Morgan fingerprint density at radius 3 is 2.88 bits per heavy atom. The summed E-state index contributed by atoms with van der Waals surface area (Å²) in [5.74, 6) is -0.0255. The van der Waals surface area contributed by atoms with Crippen LogP contribution in [-0.2, 0) is 0 Å². The molecule has 0 heterocycles. The zero-order valence-electron chi connectivity index (χ0n) is 4.39. The highest BCUT2D eigenvalue weighted by atomic mass is 14.4. The van der Waals surface area contributed by atoms with Gasteiger partial charge in [0.2, 0.25) is 0 Å². The maximum atomic E-state index is 8.29. The zero-order chi connectivity index (χ0) is 5.98. The Balaban J connectivity index is 2.62. The quantitative estimate of drug-likeness (QED) is 0.494. The molecule has 40 valence electrons. The number of rotatable bonds is 0. The number of hydrogen-bond donors (Lipinski definition) is 1. The van der Waals surface area contributed by atoms with Crippen LogP contribution in [0, 0.1) is 22.7 Å². The van der Waals surface area contributed by atoms with Gasteiger partial charge in [0.15, 0.2) is 0 Å². The minimum absolute atomic E-state index is 0.0255. The second-order valence-corrected chi connectivity index (χ2v) is 1.82. The van der Waals surface area contributed by atoms with E-state index in [2.05, 4.69) is 6.07 Å². The molecule has 2 heteroatoms. The molecule has 0 saturated heterocycles.